The molecule has 0 unspecified atom stereocenters. The Morgan fingerprint density at radius 1 is 1.12 bits per heavy atom. The largest absolute Gasteiger partial charge is 0.507 e. The van der Waals surface area contributed by atoms with Crippen LogP contribution in [0.1, 0.15) is 5.56 Å². The van der Waals surface area contributed by atoms with Crippen molar-refractivity contribution >= 4 is 32.3 Å². The van der Waals surface area contributed by atoms with E-state index in [0.29, 0.717) is 28.7 Å². The molecule has 0 atom stereocenters. The van der Waals surface area contributed by atoms with Crippen molar-refractivity contribution in [1.82, 2.24) is 4.98 Å². The Hall–Kier alpha value is -3.10. The highest BCUT2D eigenvalue weighted by Crippen LogP contribution is 2.39. The van der Waals surface area contributed by atoms with Crippen LogP contribution in [0.5, 0.6) is 5.75 Å². The second-order valence-electron chi connectivity index (χ2n) is 5.83. The molecule has 4 nitrogen and oxygen atoms in total. The highest BCUT2D eigenvalue weighted by Gasteiger charge is 2.15. The summed E-state index contributed by atoms with van der Waals surface area (Å²) in [5.74, 6) is 0.181. The maximum Gasteiger partial charge on any atom is 0.266 e. The van der Waals surface area contributed by atoms with E-state index in [9.17, 15) is 9.90 Å². The third-order valence-corrected chi connectivity index (χ3v) is 5.24. The Balaban J connectivity index is 1.98. The maximum atomic E-state index is 12.2. The van der Waals surface area contributed by atoms with Crippen LogP contribution in [0.3, 0.4) is 0 Å². The summed E-state index contributed by atoms with van der Waals surface area (Å²) in [5.41, 5.74) is 3.29. The predicted molar refractivity (Wildman–Crippen MR) is 102 cm³/mol. The van der Waals surface area contributed by atoms with Crippen LogP contribution in [0.4, 0.5) is 0 Å². The first-order valence-corrected chi connectivity index (χ1v) is 8.74. The molecule has 2 aromatic carbocycles. The minimum atomic E-state index is -0.108. The maximum absolute atomic E-state index is 12.2. The molecular weight excluding hydrogens is 332 g/mol. The van der Waals surface area contributed by atoms with E-state index in [1.54, 1.807) is 12.1 Å². The van der Waals surface area contributed by atoms with E-state index in [-0.39, 0.29) is 11.3 Å². The molecule has 0 spiro atoms. The molecule has 0 amide bonds. The van der Waals surface area contributed by atoms with Crippen molar-refractivity contribution in [1.29, 1.82) is 0 Å². The van der Waals surface area contributed by atoms with Crippen LogP contribution in [-0.2, 0) is 6.42 Å². The first-order chi connectivity index (χ1) is 12.2. The summed E-state index contributed by atoms with van der Waals surface area (Å²) in [5, 5.41) is 14.1. The summed E-state index contributed by atoms with van der Waals surface area (Å²) < 4.78 is 0.660. The monoisotopic (exact) mass is 346 g/mol. The van der Waals surface area contributed by atoms with Crippen molar-refractivity contribution in [2.24, 2.45) is 0 Å². The average molecular weight is 346 g/mol. The van der Waals surface area contributed by atoms with Gasteiger partial charge in [-0.1, -0.05) is 24.3 Å². The normalized spacial score (nSPS) is 11.0. The lowest BCUT2D eigenvalue weighted by molar-refractivity contribution is 0.478. The van der Waals surface area contributed by atoms with Crippen LogP contribution < -0.4 is 5.56 Å². The van der Waals surface area contributed by atoms with E-state index in [1.807, 2.05) is 35.7 Å². The fourth-order valence-electron chi connectivity index (χ4n) is 3.15. The molecule has 0 aliphatic rings. The smallest absolute Gasteiger partial charge is 0.266 e. The second kappa shape index (κ2) is 6.08. The number of thiophene rings is 1. The van der Waals surface area contributed by atoms with Crippen LogP contribution in [-0.4, -0.2) is 16.6 Å². The lowest BCUT2D eigenvalue weighted by Crippen LogP contribution is -2.04. The van der Waals surface area contributed by atoms with Crippen LogP contribution >= 0.6 is 11.3 Å². The van der Waals surface area contributed by atoms with Crippen molar-refractivity contribution in [3.8, 4) is 16.9 Å². The highest BCUT2D eigenvalue weighted by atomic mass is 32.1. The third-order valence-electron chi connectivity index (χ3n) is 4.33. The molecule has 0 radical (unpaired) electrons. The fraction of sp³-hybridized carbons (Fsp3) is 0.100. The van der Waals surface area contributed by atoms with Gasteiger partial charge in [-0.05, 0) is 34.7 Å². The van der Waals surface area contributed by atoms with Gasteiger partial charge >= 0.3 is 0 Å². The summed E-state index contributed by atoms with van der Waals surface area (Å²) in [6, 6.07) is 13.1. The van der Waals surface area contributed by atoms with Crippen molar-refractivity contribution in [2.75, 3.05) is 6.54 Å². The van der Waals surface area contributed by atoms with Crippen molar-refractivity contribution in [2.45, 2.75) is 6.42 Å². The van der Waals surface area contributed by atoms with Gasteiger partial charge in [0.05, 0.1) is 0 Å². The van der Waals surface area contributed by atoms with Crippen LogP contribution in [0, 0.1) is 6.57 Å². The van der Waals surface area contributed by atoms with Gasteiger partial charge in [0.2, 0.25) is 6.54 Å². The zero-order valence-electron chi connectivity index (χ0n) is 13.2. The van der Waals surface area contributed by atoms with Gasteiger partial charge in [-0.25, -0.2) is 6.57 Å². The topological polar surface area (TPSA) is 57.4 Å². The number of aromatic nitrogens is 1. The summed E-state index contributed by atoms with van der Waals surface area (Å²) >= 11 is 1.40. The number of benzene rings is 2. The number of H-pyrrole nitrogens is 1. The zero-order chi connectivity index (χ0) is 17.4. The van der Waals surface area contributed by atoms with Crippen molar-refractivity contribution < 1.29 is 5.11 Å². The summed E-state index contributed by atoms with van der Waals surface area (Å²) in [6.07, 6.45) is 0.716. The van der Waals surface area contributed by atoms with Gasteiger partial charge < -0.3 is 14.9 Å². The lowest BCUT2D eigenvalue weighted by Gasteiger charge is -2.11. The molecule has 0 saturated heterocycles. The van der Waals surface area contributed by atoms with Gasteiger partial charge in [0.15, 0.2) is 0 Å². The number of phenols is 1. The van der Waals surface area contributed by atoms with Crippen LogP contribution in [0.2, 0.25) is 0 Å². The van der Waals surface area contributed by atoms with Gasteiger partial charge in [0.1, 0.15) is 10.4 Å². The number of fused-ring (bicyclic) bond motifs is 3. The number of phenolic OH excluding ortho intramolecular Hbond substituents is 1. The summed E-state index contributed by atoms with van der Waals surface area (Å²) in [7, 11) is 0. The van der Waals surface area contributed by atoms with Gasteiger partial charge in [-0.3, -0.25) is 4.79 Å². The van der Waals surface area contributed by atoms with Gasteiger partial charge in [0.25, 0.3) is 5.56 Å². The molecule has 2 heterocycles. The molecule has 4 aromatic rings. The van der Waals surface area contributed by atoms with Crippen LogP contribution in [0.25, 0.3) is 37.0 Å². The Morgan fingerprint density at radius 2 is 1.92 bits per heavy atom. The van der Waals surface area contributed by atoms with Gasteiger partial charge in [-0.2, -0.15) is 0 Å². The van der Waals surface area contributed by atoms with E-state index in [1.165, 1.54) is 11.3 Å². The Morgan fingerprint density at radius 3 is 2.68 bits per heavy atom. The molecule has 122 valence electrons. The minimum Gasteiger partial charge on any atom is -0.507 e. The van der Waals surface area contributed by atoms with Gasteiger partial charge in [-0.15, -0.1) is 11.3 Å². The molecule has 0 fully saturated rings. The number of rotatable bonds is 3. The van der Waals surface area contributed by atoms with E-state index in [2.05, 4.69) is 9.83 Å². The van der Waals surface area contributed by atoms with Crippen molar-refractivity contribution in [3.05, 3.63) is 75.2 Å². The number of aromatic hydroxyl groups is 1. The van der Waals surface area contributed by atoms with E-state index < -0.39 is 0 Å². The Kier molecular flexibility index (Phi) is 3.75. The number of hydrogen-bond acceptors (Lipinski definition) is 3. The highest BCUT2D eigenvalue weighted by molar-refractivity contribution is 7.17. The standard InChI is InChI=1S/C20H14N2O2S/c1-21-10-8-12-2-4-13(5-3-12)17-16(23)7-6-15-18(17)14-9-11-25-19(14)20(24)22-15/h2-7,9,11,23H,8,10H2,(H,22,24). The number of nitrogens with zero attached hydrogens (tertiary/aromatic N) is 1. The lowest BCUT2D eigenvalue weighted by atomic mass is 9.96. The minimum absolute atomic E-state index is 0.108. The third kappa shape index (κ3) is 2.57. The first kappa shape index (κ1) is 15.4. The number of pyridine rings is 1. The molecule has 0 bridgehead atoms. The number of aromatic amines is 1. The molecule has 0 aliphatic carbocycles. The molecule has 5 heteroatoms. The quantitative estimate of drug-likeness (QED) is 0.534. The molecule has 2 N–H and O–H groups in total. The fourth-order valence-corrected chi connectivity index (χ4v) is 3.95. The number of hydrogen-bond donors (Lipinski definition) is 2. The zero-order valence-corrected chi connectivity index (χ0v) is 14.1. The number of nitrogens with one attached hydrogen (secondary N) is 1. The SMILES string of the molecule is [C-]#[N+]CCc1ccc(-c2c(O)ccc3[nH]c(=O)c4sccc4c23)cc1. The first-order valence-electron chi connectivity index (χ1n) is 7.87. The van der Waals surface area contributed by atoms with Gasteiger partial charge in [0, 0.05) is 28.3 Å². The molecule has 0 aliphatic heterocycles. The molecule has 4 rings (SSSR count). The molecule has 2 aromatic heterocycles. The molecule has 0 saturated carbocycles. The Bertz CT molecular complexity index is 1180. The summed E-state index contributed by atoms with van der Waals surface area (Å²) in [6.45, 7) is 7.36. The van der Waals surface area contributed by atoms with E-state index in [4.69, 9.17) is 6.57 Å². The average Bonchev–Trinajstić information content (AvgIpc) is 3.12. The second-order valence-corrected chi connectivity index (χ2v) is 6.74. The Labute approximate surface area is 147 Å². The van der Waals surface area contributed by atoms with E-state index >= 15 is 0 Å². The van der Waals surface area contributed by atoms with Crippen LogP contribution in [0.15, 0.2) is 52.6 Å². The van der Waals surface area contributed by atoms with E-state index in [0.717, 1.165) is 21.9 Å². The van der Waals surface area contributed by atoms with Crippen molar-refractivity contribution in [3.63, 3.8) is 0 Å². The molecule has 25 heavy (non-hydrogen) atoms. The predicted octanol–water partition coefficient (Wildman–Crippen LogP) is 4.58. The summed E-state index contributed by atoms with van der Waals surface area (Å²) in [4.78, 5) is 18.5. The molecular formula is C20H14N2O2S.